The van der Waals surface area contributed by atoms with E-state index in [4.69, 9.17) is 5.73 Å². The van der Waals surface area contributed by atoms with Gasteiger partial charge in [-0.3, -0.25) is 0 Å². The summed E-state index contributed by atoms with van der Waals surface area (Å²) in [5.74, 6) is 0. The normalized spacial score (nSPS) is 13.0. The van der Waals surface area contributed by atoms with Crippen molar-refractivity contribution in [2.45, 2.75) is 46.6 Å². The summed E-state index contributed by atoms with van der Waals surface area (Å²) in [5, 5.41) is 0. The third-order valence-corrected chi connectivity index (χ3v) is 3.56. The number of unbranched alkanes of at least 4 members (excludes halogenated alkanes) is 1. The Balaban J connectivity index is 2.67. The summed E-state index contributed by atoms with van der Waals surface area (Å²) in [4.78, 5) is 2.45. The van der Waals surface area contributed by atoms with E-state index in [0.717, 1.165) is 19.6 Å². The summed E-state index contributed by atoms with van der Waals surface area (Å²) >= 11 is 0. The second-order valence-corrected chi connectivity index (χ2v) is 5.21. The zero-order valence-electron chi connectivity index (χ0n) is 12.4. The van der Waals surface area contributed by atoms with Gasteiger partial charge in [-0.05, 0) is 44.5 Å². The van der Waals surface area contributed by atoms with Gasteiger partial charge in [0.15, 0.2) is 0 Å². The molecule has 0 aliphatic rings. The minimum absolute atomic E-state index is 0.127. The van der Waals surface area contributed by atoms with Crippen molar-refractivity contribution in [3.63, 3.8) is 0 Å². The Labute approximate surface area is 112 Å². The van der Waals surface area contributed by atoms with Gasteiger partial charge in [0.2, 0.25) is 0 Å². The van der Waals surface area contributed by atoms with Crippen molar-refractivity contribution < 1.29 is 0 Å². The smallest absolute Gasteiger partial charge is 0.0427 e. The van der Waals surface area contributed by atoms with Gasteiger partial charge in [0.05, 0.1) is 0 Å². The molecule has 0 aliphatic carbocycles. The number of nitrogens with two attached hydrogens (primary N) is 1. The van der Waals surface area contributed by atoms with Crippen LogP contribution in [0.4, 0.5) is 0 Å². The maximum Gasteiger partial charge on any atom is 0.0427 e. The molecule has 102 valence electrons. The Bertz CT molecular complexity index is 360. The van der Waals surface area contributed by atoms with Crippen molar-refractivity contribution in [1.29, 1.82) is 0 Å². The lowest BCUT2D eigenvalue weighted by Gasteiger charge is -2.25. The van der Waals surface area contributed by atoms with Crippen LogP contribution in [-0.2, 0) is 0 Å². The fourth-order valence-electron chi connectivity index (χ4n) is 2.30. The van der Waals surface area contributed by atoms with Gasteiger partial charge in [0.1, 0.15) is 0 Å². The van der Waals surface area contributed by atoms with Crippen LogP contribution in [0.2, 0.25) is 0 Å². The summed E-state index contributed by atoms with van der Waals surface area (Å²) < 4.78 is 0. The van der Waals surface area contributed by atoms with Gasteiger partial charge in [0.25, 0.3) is 0 Å². The SMILES string of the molecule is CCCCN(CC)CC(N)c1cc(C)ccc1C. The Kier molecular flexibility index (Phi) is 6.37. The predicted molar refractivity (Wildman–Crippen MR) is 79.9 cm³/mol. The summed E-state index contributed by atoms with van der Waals surface area (Å²) in [6.07, 6.45) is 2.50. The van der Waals surface area contributed by atoms with Crippen molar-refractivity contribution in [1.82, 2.24) is 4.90 Å². The van der Waals surface area contributed by atoms with E-state index in [2.05, 4.69) is 50.8 Å². The van der Waals surface area contributed by atoms with Gasteiger partial charge < -0.3 is 10.6 Å². The predicted octanol–water partition coefficient (Wildman–Crippen LogP) is 3.43. The van der Waals surface area contributed by atoms with Gasteiger partial charge in [-0.1, -0.05) is 44.0 Å². The molecule has 0 radical (unpaired) electrons. The summed E-state index contributed by atoms with van der Waals surface area (Å²) in [6, 6.07) is 6.68. The number of aryl methyl sites for hydroxylation is 2. The molecule has 1 rings (SSSR count). The van der Waals surface area contributed by atoms with Crippen LogP contribution in [0.5, 0.6) is 0 Å². The van der Waals surface area contributed by atoms with Crippen LogP contribution in [0.25, 0.3) is 0 Å². The highest BCUT2D eigenvalue weighted by Crippen LogP contribution is 2.18. The number of rotatable bonds is 7. The van der Waals surface area contributed by atoms with E-state index < -0.39 is 0 Å². The Morgan fingerprint density at radius 3 is 2.56 bits per heavy atom. The first-order valence-electron chi connectivity index (χ1n) is 7.13. The number of benzene rings is 1. The zero-order chi connectivity index (χ0) is 13.5. The van der Waals surface area contributed by atoms with Gasteiger partial charge in [-0.25, -0.2) is 0 Å². The number of nitrogens with zero attached hydrogens (tertiary/aromatic N) is 1. The van der Waals surface area contributed by atoms with Gasteiger partial charge >= 0.3 is 0 Å². The number of hydrogen-bond acceptors (Lipinski definition) is 2. The average Bonchev–Trinajstić information content (AvgIpc) is 2.37. The second-order valence-electron chi connectivity index (χ2n) is 5.21. The van der Waals surface area contributed by atoms with E-state index in [1.165, 1.54) is 29.5 Å². The van der Waals surface area contributed by atoms with E-state index in [1.54, 1.807) is 0 Å². The van der Waals surface area contributed by atoms with Crippen molar-refractivity contribution in [3.05, 3.63) is 34.9 Å². The molecule has 0 aromatic heterocycles. The standard InChI is InChI=1S/C16H28N2/c1-5-7-10-18(6-2)12-16(17)15-11-13(3)8-9-14(15)4/h8-9,11,16H,5-7,10,12,17H2,1-4H3. The molecule has 1 aromatic rings. The molecule has 1 atom stereocenters. The Morgan fingerprint density at radius 1 is 1.22 bits per heavy atom. The fourth-order valence-corrected chi connectivity index (χ4v) is 2.30. The van der Waals surface area contributed by atoms with Crippen LogP contribution < -0.4 is 5.73 Å². The maximum absolute atomic E-state index is 6.37. The minimum atomic E-state index is 0.127. The summed E-state index contributed by atoms with van der Waals surface area (Å²) in [5.41, 5.74) is 10.3. The van der Waals surface area contributed by atoms with E-state index in [9.17, 15) is 0 Å². The molecule has 0 saturated carbocycles. The molecule has 0 amide bonds. The lowest BCUT2D eigenvalue weighted by molar-refractivity contribution is 0.266. The zero-order valence-corrected chi connectivity index (χ0v) is 12.4. The minimum Gasteiger partial charge on any atom is -0.323 e. The molecule has 2 nitrogen and oxygen atoms in total. The monoisotopic (exact) mass is 248 g/mol. The van der Waals surface area contributed by atoms with Crippen molar-refractivity contribution in [3.8, 4) is 0 Å². The lowest BCUT2D eigenvalue weighted by Crippen LogP contribution is -2.33. The van der Waals surface area contributed by atoms with Gasteiger partial charge in [0, 0.05) is 12.6 Å². The number of hydrogen-bond donors (Lipinski definition) is 1. The third-order valence-electron chi connectivity index (χ3n) is 3.56. The summed E-state index contributed by atoms with van der Waals surface area (Å²) in [7, 11) is 0. The molecule has 1 aromatic carbocycles. The third kappa shape index (κ3) is 4.43. The maximum atomic E-state index is 6.37. The topological polar surface area (TPSA) is 29.3 Å². The largest absolute Gasteiger partial charge is 0.323 e. The van der Waals surface area contributed by atoms with Crippen LogP contribution in [0, 0.1) is 13.8 Å². The molecule has 2 heteroatoms. The highest BCUT2D eigenvalue weighted by molar-refractivity contribution is 5.32. The first-order valence-corrected chi connectivity index (χ1v) is 7.13. The molecule has 0 spiro atoms. The molecular formula is C16H28N2. The first kappa shape index (κ1) is 15.2. The van der Waals surface area contributed by atoms with Crippen LogP contribution >= 0.6 is 0 Å². The summed E-state index contributed by atoms with van der Waals surface area (Å²) in [6.45, 7) is 11.9. The van der Waals surface area contributed by atoms with Crippen LogP contribution in [-0.4, -0.2) is 24.5 Å². The molecule has 1 unspecified atom stereocenters. The molecule has 0 heterocycles. The van der Waals surface area contributed by atoms with Gasteiger partial charge in [-0.2, -0.15) is 0 Å². The van der Waals surface area contributed by atoms with Crippen LogP contribution in [0.3, 0.4) is 0 Å². The van der Waals surface area contributed by atoms with E-state index in [0.29, 0.717) is 0 Å². The number of likely N-dealkylation sites (N-methyl/N-ethyl adjacent to an activating group) is 1. The molecule has 0 aliphatic heterocycles. The highest BCUT2D eigenvalue weighted by atomic mass is 15.1. The molecule has 2 N–H and O–H groups in total. The molecule has 0 saturated heterocycles. The Morgan fingerprint density at radius 2 is 1.94 bits per heavy atom. The van der Waals surface area contributed by atoms with Crippen molar-refractivity contribution >= 4 is 0 Å². The average molecular weight is 248 g/mol. The van der Waals surface area contributed by atoms with Crippen LogP contribution in [0.15, 0.2) is 18.2 Å². The van der Waals surface area contributed by atoms with Gasteiger partial charge in [-0.15, -0.1) is 0 Å². The Hall–Kier alpha value is -0.860. The van der Waals surface area contributed by atoms with Crippen molar-refractivity contribution in [2.24, 2.45) is 5.73 Å². The van der Waals surface area contributed by atoms with E-state index in [-0.39, 0.29) is 6.04 Å². The molecule has 0 fully saturated rings. The van der Waals surface area contributed by atoms with E-state index in [1.807, 2.05) is 0 Å². The lowest BCUT2D eigenvalue weighted by atomic mass is 9.99. The van der Waals surface area contributed by atoms with Crippen molar-refractivity contribution in [2.75, 3.05) is 19.6 Å². The molecular weight excluding hydrogens is 220 g/mol. The second kappa shape index (κ2) is 7.55. The van der Waals surface area contributed by atoms with E-state index >= 15 is 0 Å². The fraction of sp³-hybridized carbons (Fsp3) is 0.625. The van der Waals surface area contributed by atoms with Crippen LogP contribution in [0.1, 0.15) is 49.4 Å². The molecule has 0 bridgehead atoms. The highest BCUT2D eigenvalue weighted by Gasteiger charge is 2.12. The molecule has 18 heavy (non-hydrogen) atoms. The first-order chi connectivity index (χ1) is 8.58. The quantitative estimate of drug-likeness (QED) is 0.801.